The Morgan fingerprint density at radius 2 is 1.93 bits per heavy atom. The summed E-state index contributed by atoms with van der Waals surface area (Å²) in [5, 5.41) is 9.61. The van der Waals surface area contributed by atoms with Crippen molar-refractivity contribution in [1.82, 2.24) is 14.5 Å². The van der Waals surface area contributed by atoms with Crippen LogP contribution >= 0.6 is 11.3 Å². The molecule has 4 atom stereocenters. The van der Waals surface area contributed by atoms with Crippen molar-refractivity contribution < 1.29 is 9.84 Å². The molecule has 2 aromatic heterocycles. The molecule has 2 aliphatic rings. The summed E-state index contributed by atoms with van der Waals surface area (Å²) < 4.78 is 8.46. The van der Waals surface area contributed by atoms with Gasteiger partial charge in [0.1, 0.15) is 22.9 Å². The van der Waals surface area contributed by atoms with Crippen LogP contribution in [0.15, 0.2) is 41.5 Å². The summed E-state index contributed by atoms with van der Waals surface area (Å²) in [4.78, 5) is 20.9. The maximum absolute atomic E-state index is 13.0. The first-order valence-corrected chi connectivity index (χ1v) is 11.5. The van der Waals surface area contributed by atoms with Crippen LogP contribution in [0, 0.1) is 0 Å². The number of aliphatic hydroxyl groups excluding tert-OH is 1. The van der Waals surface area contributed by atoms with E-state index in [1.807, 2.05) is 30.3 Å². The number of thiophene rings is 1. The van der Waals surface area contributed by atoms with E-state index in [1.165, 1.54) is 24.2 Å². The van der Waals surface area contributed by atoms with Gasteiger partial charge in [-0.25, -0.2) is 4.98 Å². The summed E-state index contributed by atoms with van der Waals surface area (Å²) in [5.41, 5.74) is 1.38. The summed E-state index contributed by atoms with van der Waals surface area (Å²) in [6.45, 7) is 1.75. The van der Waals surface area contributed by atoms with E-state index in [4.69, 9.17) is 4.74 Å². The molecule has 2 saturated heterocycles. The fourth-order valence-corrected chi connectivity index (χ4v) is 6.03. The number of fused-ring (bicyclic) bond motifs is 3. The second-order valence-electron chi connectivity index (χ2n) is 8.66. The van der Waals surface area contributed by atoms with Gasteiger partial charge in [0.15, 0.2) is 0 Å². The van der Waals surface area contributed by atoms with Gasteiger partial charge in [0.05, 0.1) is 17.3 Å². The van der Waals surface area contributed by atoms with Gasteiger partial charge < -0.3 is 14.7 Å². The zero-order chi connectivity index (χ0) is 20.8. The van der Waals surface area contributed by atoms with Crippen LogP contribution in [0.2, 0.25) is 0 Å². The molecule has 6 nitrogen and oxygen atoms in total. The average Bonchev–Trinajstić information content (AvgIpc) is 3.19. The maximum Gasteiger partial charge on any atom is 0.275 e. The fourth-order valence-electron chi connectivity index (χ4n) is 4.87. The first-order valence-electron chi connectivity index (χ1n) is 10.6. The van der Waals surface area contributed by atoms with Gasteiger partial charge in [0, 0.05) is 23.4 Å². The highest BCUT2D eigenvalue weighted by molar-refractivity contribution is 7.18. The van der Waals surface area contributed by atoms with Gasteiger partial charge in [0.2, 0.25) is 0 Å². The lowest BCUT2D eigenvalue weighted by Crippen LogP contribution is -2.43. The summed E-state index contributed by atoms with van der Waals surface area (Å²) in [6, 6.07) is 10.9. The lowest BCUT2D eigenvalue weighted by atomic mass is 10.0. The standard InChI is InChI=1S/C23H27N3O3S/c1-14(27)9-20-12-21-22(30-20)23(28)26(13-24-21)15-5-7-18(8-6-15)29-19-10-16-3-4-17(11-19)25(16)2/h5-8,12-14,16-17,19,27H,3-4,9-11H2,1-2H3/t14?,16-,17+,19-. The van der Waals surface area contributed by atoms with Crippen molar-refractivity contribution in [2.45, 2.75) is 63.3 Å². The van der Waals surface area contributed by atoms with Gasteiger partial charge in [-0.05, 0) is 70.0 Å². The topological polar surface area (TPSA) is 67.6 Å². The van der Waals surface area contributed by atoms with Crippen LogP contribution in [-0.2, 0) is 6.42 Å². The van der Waals surface area contributed by atoms with Gasteiger partial charge >= 0.3 is 0 Å². The van der Waals surface area contributed by atoms with Crippen molar-refractivity contribution >= 4 is 21.6 Å². The summed E-state index contributed by atoms with van der Waals surface area (Å²) in [7, 11) is 2.23. The average molecular weight is 426 g/mol. The van der Waals surface area contributed by atoms with Crippen LogP contribution in [0.5, 0.6) is 5.75 Å². The van der Waals surface area contributed by atoms with E-state index in [0.717, 1.165) is 29.2 Å². The molecule has 0 radical (unpaired) electrons. The number of ether oxygens (including phenoxy) is 1. The number of rotatable bonds is 5. The molecule has 0 amide bonds. The maximum atomic E-state index is 13.0. The lowest BCUT2D eigenvalue weighted by molar-refractivity contribution is 0.0662. The molecular formula is C23H27N3O3S. The van der Waals surface area contributed by atoms with Crippen LogP contribution in [0.3, 0.4) is 0 Å². The van der Waals surface area contributed by atoms with E-state index in [1.54, 1.807) is 17.8 Å². The molecule has 0 aliphatic carbocycles. The first kappa shape index (κ1) is 19.7. The zero-order valence-corrected chi connectivity index (χ0v) is 18.1. The van der Waals surface area contributed by atoms with E-state index in [2.05, 4.69) is 16.9 Å². The van der Waals surface area contributed by atoms with Crippen molar-refractivity contribution in [3.05, 3.63) is 51.9 Å². The van der Waals surface area contributed by atoms with E-state index in [9.17, 15) is 9.90 Å². The number of piperidine rings is 1. The first-order chi connectivity index (χ1) is 14.5. The number of hydrogen-bond donors (Lipinski definition) is 1. The molecule has 5 rings (SSSR count). The summed E-state index contributed by atoms with van der Waals surface area (Å²) in [5.74, 6) is 0.852. The van der Waals surface area contributed by atoms with E-state index >= 15 is 0 Å². The molecular weight excluding hydrogens is 398 g/mol. The lowest BCUT2D eigenvalue weighted by Gasteiger charge is -2.36. The second-order valence-corrected chi connectivity index (χ2v) is 9.79. The highest BCUT2D eigenvalue weighted by Gasteiger charge is 2.39. The Morgan fingerprint density at radius 1 is 1.23 bits per heavy atom. The highest BCUT2D eigenvalue weighted by Crippen LogP contribution is 2.36. The molecule has 7 heteroatoms. The Hall–Kier alpha value is -2.22. The second kappa shape index (κ2) is 7.80. The van der Waals surface area contributed by atoms with Crippen molar-refractivity contribution in [2.75, 3.05) is 7.05 Å². The van der Waals surface area contributed by atoms with Crippen LogP contribution < -0.4 is 10.3 Å². The van der Waals surface area contributed by atoms with Crippen LogP contribution in [0.1, 0.15) is 37.5 Å². The predicted octanol–water partition coefficient (Wildman–Crippen LogP) is 3.37. The number of aromatic nitrogens is 2. The zero-order valence-electron chi connectivity index (χ0n) is 17.3. The van der Waals surface area contributed by atoms with Crippen LogP contribution in [-0.4, -0.2) is 50.9 Å². The molecule has 1 unspecified atom stereocenters. The number of nitrogens with zero attached hydrogens (tertiary/aromatic N) is 3. The van der Waals surface area contributed by atoms with E-state index in [-0.39, 0.29) is 11.7 Å². The molecule has 0 saturated carbocycles. The Morgan fingerprint density at radius 3 is 2.60 bits per heavy atom. The molecule has 2 aliphatic heterocycles. The Labute approximate surface area is 179 Å². The van der Waals surface area contributed by atoms with Gasteiger partial charge in [-0.15, -0.1) is 11.3 Å². The third-order valence-electron chi connectivity index (χ3n) is 6.46. The van der Waals surface area contributed by atoms with Gasteiger partial charge in [-0.2, -0.15) is 0 Å². The summed E-state index contributed by atoms with van der Waals surface area (Å²) >= 11 is 1.41. The number of benzene rings is 1. The molecule has 1 N–H and O–H groups in total. The Bertz CT molecular complexity index is 1090. The smallest absolute Gasteiger partial charge is 0.275 e. The van der Waals surface area contributed by atoms with Crippen molar-refractivity contribution in [2.24, 2.45) is 0 Å². The fraction of sp³-hybridized carbons (Fsp3) is 0.478. The molecule has 1 aromatic carbocycles. The molecule has 0 spiro atoms. The van der Waals surface area contributed by atoms with E-state index < -0.39 is 6.10 Å². The summed E-state index contributed by atoms with van der Waals surface area (Å²) in [6.07, 6.45) is 6.67. The van der Waals surface area contributed by atoms with Crippen molar-refractivity contribution in [3.63, 3.8) is 0 Å². The molecule has 2 bridgehead atoms. The molecule has 158 valence electrons. The van der Waals surface area contributed by atoms with Gasteiger partial charge in [-0.3, -0.25) is 9.36 Å². The quantitative estimate of drug-likeness (QED) is 0.679. The van der Waals surface area contributed by atoms with Crippen molar-refractivity contribution in [3.8, 4) is 11.4 Å². The van der Waals surface area contributed by atoms with Crippen LogP contribution in [0.4, 0.5) is 0 Å². The van der Waals surface area contributed by atoms with E-state index in [0.29, 0.717) is 28.7 Å². The molecule has 4 heterocycles. The molecule has 3 aromatic rings. The Kier molecular flexibility index (Phi) is 5.13. The minimum atomic E-state index is -0.437. The third kappa shape index (κ3) is 3.66. The third-order valence-corrected chi connectivity index (χ3v) is 7.59. The van der Waals surface area contributed by atoms with Gasteiger partial charge in [0.25, 0.3) is 5.56 Å². The van der Waals surface area contributed by atoms with Gasteiger partial charge in [-0.1, -0.05) is 0 Å². The van der Waals surface area contributed by atoms with Crippen LogP contribution in [0.25, 0.3) is 15.9 Å². The minimum Gasteiger partial charge on any atom is -0.490 e. The highest BCUT2D eigenvalue weighted by atomic mass is 32.1. The normalized spacial score (nSPS) is 25.0. The van der Waals surface area contributed by atoms with Crippen molar-refractivity contribution in [1.29, 1.82) is 0 Å². The number of hydrogen-bond acceptors (Lipinski definition) is 6. The SMILES string of the molecule is CC(O)Cc1cc2ncn(-c3ccc(O[C@@H]4C[C@H]5CC[C@@H](C4)N5C)cc3)c(=O)c2s1. The predicted molar refractivity (Wildman–Crippen MR) is 119 cm³/mol. The largest absolute Gasteiger partial charge is 0.490 e. The Balaban J connectivity index is 1.34. The monoisotopic (exact) mass is 425 g/mol. The molecule has 30 heavy (non-hydrogen) atoms. The minimum absolute atomic E-state index is 0.0811. The number of aliphatic hydroxyl groups is 1. The molecule has 2 fully saturated rings.